The SMILES string of the molecule is CC/C=C\C/C=C\C/C=C\C/C=C\C/C=C\C=C/C(O)CCC(=O)O[C@H](COC(=O)CCC/C=C\C/C=C\C/C=C\C/C=C\CCCCC)COP(=O)([O-])OCC[N+](C)(C)C. The first-order valence-corrected chi connectivity index (χ1v) is 23.8. The van der Waals surface area contributed by atoms with Crippen molar-refractivity contribution < 1.29 is 47.2 Å². The normalized spacial score (nSPS) is 15.2. The van der Waals surface area contributed by atoms with Crippen LogP contribution in [-0.4, -0.2) is 81.2 Å². The van der Waals surface area contributed by atoms with Crippen LogP contribution in [0.15, 0.2) is 122 Å². The Kier molecular flexibility index (Phi) is 38.0. The molecule has 1 N–H and O–H groups in total. The van der Waals surface area contributed by atoms with E-state index < -0.39 is 38.6 Å². The Hall–Kier alpha value is -3.63. The van der Waals surface area contributed by atoms with E-state index in [4.69, 9.17) is 18.5 Å². The van der Waals surface area contributed by atoms with Gasteiger partial charge in [-0.15, -0.1) is 0 Å². The summed E-state index contributed by atoms with van der Waals surface area (Å²) in [6.07, 6.45) is 52.8. The van der Waals surface area contributed by atoms with Gasteiger partial charge in [0.1, 0.15) is 19.8 Å². The zero-order valence-electron chi connectivity index (χ0n) is 38.2. The van der Waals surface area contributed by atoms with Crippen LogP contribution in [0.5, 0.6) is 0 Å². The number of carbonyl (C=O) groups is 2. The molecule has 0 saturated heterocycles. The van der Waals surface area contributed by atoms with Gasteiger partial charge in [-0.25, -0.2) is 0 Å². The van der Waals surface area contributed by atoms with E-state index in [0.717, 1.165) is 57.8 Å². The predicted molar refractivity (Wildman–Crippen MR) is 250 cm³/mol. The fourth-order valence-electron chi connectivity index (χ4n) is 5.05. The first-order valence-electron chi connectivity index (χ1n) is 22.4. The van der Waals surface area contributed by atoms with Crippen LogP contribution >= 0.6 is 7.82 Å². The van der Waals surface area contributed by atoms with Gasteiger partial charge in [-0.1, -0.05) is 148 Å². The minimum Gasteiger partial charge on any atom is -0.756 e. The number of carbonyl (C=O) groups excluding carboxylic acids is 2. The van der Waals surface area contributed by atoms with E-state index in [9.17, 15) is 24.2 Å². The maximum atomic E-state index is 12.7. The highest BCUT2D eigenvalue weighted by atomic mass is 31.2. The molecule has 0 aliphatic rings. The average molecular weight is 870 g/mol. The van der Waals surface area contributed by atoms with Crippen LogP contribution in [0.4, 0.5) is 0 Å². The molecule has 0 heterocycles. The summed E-state index contributed by atoms with van der Waals surface area (Å²) in [6, 6.07) is 0. The second kappa shape index (κ2) is 40.4. The summed E-state index contributed by atoms with van der Waals surface area (Å²) in [6.45, 7) is 3.70. The van der Waals surface area contributed by atoms with Crippen LogP contribution in [0.2, 0.25) is 0 Å². The van der Waals surface area contributed by atoms with Gasteiger partial charge in [-0.05, 0) is 83.5 Å². The summed E-state index contributed by atoms with van der Waals surface area (Å²) in [5.41, 5.74) is 0. The number of aliphatic hydroxyl groups is 1. The van der Waals surface area contributed by atoms with E-state index in [0.29, 0.717) is 23.9 Å². The fourth-order valence-corrected chi connectivity index (χ4v) is 5.78. The molecular formula is C50H80NO9P. The first kappa shape index (κ1) is 57.4. The second-order valence-corrected chi connectivity index (χ2v) is 16.9. The van der Waals surface area contributed by atoms with E-state index in [1.54, 1.807) is 12.2 Å². The molecule has 0 aromatic rings. The highest BCUT2D eigenvalue weighted by Gasteiger charge is 2.22. The van der Waals surface area contributed by atoms with Gasteiger partial charge < -0.3 is 33.0 Å². The van der Waals surface area contributed by atoms with Gasteiger partial charge in [-0.2, -0.15) is 0 Å². The van der Waals surface area contributed by atoms with Crippen molar-refractivity contribution in [3.05, 3.63) is 122 Å². The second-order valence-electron chi connectivity index (χ2n) is 15.5. The lowest BCUT2D eigenvalue weighted by atomic mass is 10.2. The minimum absolute atomic E-state index is 0.0824. The Morgan fingerprint density at radius 3 is 1.66 bits per heavy atom. The van der Waals surface area contributed by atoms with E-state index in [2.05, 4.69) is 105 Å². The molecule has 0 rings (SSSR count). The number of unbranched alkanes of at least 4 members (excludes halogenated alkanes) is 4. The molecule has 0 amide bonds. The number of quaternary nitrogens is 1. The van der Waals surface area contributed by atoms with Crippen molar-refractivity contribution in [2.75, 3.05) is 47.5 Å². The largest absolute Gasteiger partial charge is 0.756 e. The standard InChI is InChI=1S/C50H80NO9P/c1-6-8-10-12-14-16-18-20-22-24-26-28-30-32-34-36-38-40-49(53)57-45-48(46-59-61(55,56)58-44-43-51(3,4)5)60-50(54)42-41-47(52)39-37-35-33-31-29-27-25-23-21-19-17-15-13-11-9-7-2/h9,11,14-17,20-23,26-29,32-35,37,39,47-48,52H,6-8,10,12-13,18-19,24-25,30-31,36,38,40-46H2,1-5H3/b11-9-,16-14-,17-15-,22-20-,23-21-,28-26-,29-27-,34-32-,35-33-,39-37-/t47?,48-/m1/s1. The summed E-state index contributed by atoms with van der Waals surface area (Å²) < 4.78 is 33.6. The molecule has 2 unspecified atom stereocenters. The summed E-state index contributed by atoms with van der Waals surface area (Å²) in [5.74, 6) is -1.20. The molecule has 61 heavy (non-hydrogen) atoms. The van der Waals surface area contributed by atoms with Crippen molar-refractivity contribution in [3.63, 3.8) is 0 Å². The highest BCUT2D eigenvalue weighted by molar-refractivity contribution is 7.45. The number of likely N-dealkylation sites (N-methyl/N-ethyl adjacent to an activating group) is 1. The minimum atomic E-state index is -4.72. The number of hydrogen-bond acceptors (Lipinski definition) is 9. The van der Waals surface area contributed by atoms with Crippen LogP contribution in [0, 0.1) is 0 Å². The number of allylic oxidation sites excluding steroid dienone is 19. The number of ether oxygens (including phenoxy) is 2. The average Bonchev–Trinajstić information content (AvgIpc) is 3.21. The van der Waals surface area contributed by atoms with Crippen LogP contribution < -0.4 is 4.89 Å². The third-order valence-corrected chi connectivity index (χ3v) is 9.55. The number of esters is 2. The van der Waals surface area contributed by atoms with Crippen molar-refractivity contribution in [2.24, 2.45) is 0 Å². The van der Waals surface area contributed by atoms with Gasteiger partial charge in [-0.3, -0.25) is 14.2 Å². The molecule has 0 aromatic heterocycles. The van der Waals surface area contributed by atoms with Crippen molar-refractivity contribution >= 4 is 19.8 Å². The Bertz CT molecular complexity index is 1460. The van der Waals surface area contributed by atoms with Crippen molar-refractivity contribution in [1.82, 2.24) is 0 Å². The molecule has 0 aromatic carbocycles. The van der Waals surface area contributed by atoms with Crippen molar-refractivity contribution in [1.29, 1.82) is 0 Å². The van der Waals surface area contributed by atoms with Crippen molar-refractivity contribution in [3.8, 4) is 0 Å². The van der Waals surface area contributed by atoms with E-state index in [1.165, 1.54) is 19.3 Å². The number of rotatable bonds is 38. The molecule has 10 nitrogen and oxygen atoms in total. The van der Waals surface area contributed by atoms with Gasteiger partial charge >= 0.3 is 11.9 Å². The Labute approximate surface area is 370 Å². The molecule has 11 heteroatoms. The summed E-state index contributed by atoms with van der Waals surface area (Å²) in [7, 11) is 0.969. The molecule has 0 radical (unpaired) electrons. The molecule has 0 aliphatic heterocycles. The van der Waals surface area contributed by atoms with E-state index in [-0.39, 0.29) is 32.5 Å². The van der Waals surface area contributed by atoms with Gasteiger partial charge in [0.15, 0.2) is 6.10 Å². The Morgan fingerprint density at radius 2 is 1.13 bits per heavy atom. The lowest BCUT2D eigenvalue weighted by Crippen LogP contribution is -2.37. The summed E-state index contributed by atoms with van der Waals surface area (Å²) in [4.78, 5) is 37.6. The molecule has 0 bridgehead atoms. The number of nitrogens with zero attached hydrogens (tertiary/aromatic N) is 1. The van der Waals surface area contributed by atoms with Crippen LogP contribution in [0.1, 0.15) is 123 Å². The number of aliphatic hydroxyl groups excluding tert-OH is 1. The zero-order valence-corrected chi connectivity index (χ0v) is 39.1. The molecule has 0 fully saturated rings. The third-order valence-electron chi connectivity index (χ3n) is 8.58. The molecular weight excluding hydrogens is 790 g/mol. The van der Waals surface area contributed by atoms with Gasteiger partial charge in [0.25, 0.3) is 7.82 Å². The van der Waals surface area contributed by atoms with E-state index in [1.807, 2.05) is 39.4 Å². The first-order chi connectivity index (χ1) is 29.4. The molecule has 0 saturated carbocycles. The fraction of sp³-hybridized carbons (Fsp3) is 0.560. The van der Waals surface area contributed by atoms with Gasteiger partial charge in [0, 0.05) is 12.8 Å². The Morgan fingerprint density at radius 1 is 0.623 bits per heavy atom. The smallest absolute Gasteiger partial charge is 0.306 e. The summed E-state index contributed by atoms with van der Waals surface area (Å²) in [5, 5.41) is 10.4. The van der Waals surface area contributed by atoms with Crippen LogP contribution in [-0.2, 0) is 32.7 Å². The topological polar surface area (TPSA) is 131 Å². The number of phosphoric acid groups is 1. The number of phosphoric ester groups is 1. The highest BCUT2D eigenvalue weighted by Crippen LogP contribution is 2.38. The third kappa shape index (κ3) is 44.2. The van der Waals surface area contributed by atoms with Gasteiger partial charge in [0.2, 0.25) is 0 Å². The maximum absolute atomic E-state index is 12.7. The molecule has 0 aliphatic carbocycles. The maximum Gasteiger partial charge on any atom is 0.306 e. The zero-order chi connectivity index (χ0) is 45.1. The van der Waals surface area contributed by atoms with Crippen LogP contribution in [0.3, 0.4) is 0 Å². The van der Waals surface area contributed by atoms with Gasteiger partial charge in [0.05, 0.1) is 33.9 Å². The molecule has 3 atom stereocenters. The lowest BCUT2D eigenvalue weighted by Gasteiger charge is -2.28. The number of hydrogen-bond donors (Lipinski definition) is 1. The quantitative estimate of drug-likeness (QED) is 0.0161. The summed E-state index contributed by atoms with van der Waals surface area (Å²) >= 11 is 0. The predicted octanol–water partition coefficient (Wildman–Crippen LogP) is 11.2. The lowest BCUT2D eigenvalue weighted by molar-refractivity contribution is -0.870. The molecule has 0 spiro atoms. The Balaban J connectivity index is 4.71. The van der Waals surface area contributed by atoms with E-state index >= 15 is 0 Å². The van der Waals surface area contributed by atoms with Crippen LogP contribution in [0.25, 0.3) is 0 Å². The van der Waals surface area contributed by atoms with Crippen molar-refractivity contribution in [2.45, 2.75) is 135 Å². The monoisotopic (exact) mass is 870 g/mol. The molecule has 344 valence electrons.